The predicted octanol–water partition coefficient (Wildman–Crippen LogP) is 3.72. The number of hydrogen-bond acceptors (Lipinski definition) is 5. The number of ether oxygens (including phenoxy) is 1. The van der Waals surface area contributed by atoms with E-state index in [-0.39, 0.29) is 10.7 Å². The zero-order valence-corrected chi connectivity index (χ0v) is 16.6. The number of anilines is 1. The van der Waals surface area contributed by atoms with Crippen LogP contribution >= 0.6 is 0 Å². The molecule has 0 aliphatic carbocycles. The number of nitrogens with zero attached hydrogens (tertiary/aromatic N) is 3. The van der Waals surface area contributed by atoms with Crippen LogP contribution in [0.3, 0.4) is 0 Å². The van der Waals surface area contributed by atoms with E-state index in [0.717, 1.165) is 16.5 Å². The predicted molar refractivity (Wildman–Crippen MR) is 109 cm³/mol. The molecule has 28 heavy (non-hydrogen) atoms. The maximum atomic E-state index is 12.8. The second-order valence-electron chi connectivity index (χ2n) is 6.50. The molecule has 0 aliphatic heterocycles. The summed E-state index contributed by atoms with van der Waals surface area (Å²) in [7, 11) is -2.26. The molecule has 144 valence electrons. The highest BCUT2D eigenvalue weighted by Gasteiger charge is 2.20. The Balaban J connectivity index is 1.82. The lowest BCUT2D eigenvalue weighted by molar-refractivity contribution is 0.414. The third kappa shape index (κ3) is 3.16. The van der Waals surface area contributed by atoms with Crippen molar-refractivity contribution >= 4 is 37.8 Å². The second-order valence-corrected chi connectivity index (χ2v) is 8.18. The van der Waals surface area contributed by atoms with Crippen LogP contribution in [0.1, 0.15) is 12.5 Å². The third-order valence-corrected chi connectivity index (χ3v) is 5.93. The van der Waals surface area contributed by atoms with E-state index in [1.807, 2.05) is 38.1 Å². The first kappa shape index (κ1) is 18.2. The number of sulfonamides is 1. The quantitative estimate of drug-likeness (QED) is 0.556. The molecule has 0 saturated heterocycles. The lowest BCUT2D eigenvalue weighted by atomic mass is 10.1. The van der Waals surface area contributed by atoms with Gasteiger partial charge in [-0.15, -0.1) is 0 Å². The molecule has 4 rings (SSSR count). The first-order valence-corrected chi connectivity index (χ1v) is 10.3. The lowest BCUT2D eigenvalue weighted by Gasteiger charge is -2.07. The highest BCUT2D eigenvalue weighted by molar-refractivity contribution is 7.92. The van der Waals surface area contributed by atoms with Gasteiger partial charge in [-0.2, -0.15) is 5.10 Å². The molecule has 1 N–H and O–H groups in total. The number of nitrogens with one attached hydrogen (secondary N) is 1. The number of benzene rings is 2. The number of fused-ring (bicyclic) bond motifs is 2. The molecule has 0 fully saturated rings. The van der Waals surface area contributed by atoms with Crippen LogP contribution in [0.25, 0.3) is 21.9 Å². The minimum absolute atomic E-state index is 0.136. The van der Waals surface area contributed by atoms with Crippen LogP contribution in [0.5, 0.6) is 5.75 Å². The molecular formula is C20H20N4O3S. The fraction of sp³-hybridized carbons (Fsp3) is 0.200. The van der Waals surface area contributed by atoms with Crippen LogP contribution in [0.4, 0.5) is 5.82 Å². The summed E-state index contributed by atoms with van der Waals surface area (Å²) >= 11 is 0. The molecule has 0 saturated carbocycles. The summed E-state index contributed by atoms with van der Waals surface area (Å²) < 4.78 is 35.0. The van der Waals surface area contributed by atoms with Gasteiger partial charge in [0.1, 0.15) is 5.75 Å². The fourth-order valence-corrected chi connectivity index (χ4v) is 4.11. The Bertz CT molecular complexity index is 1280. The summed E-state index contributed by atoms with van der Waals surface area (Å²) in [6, 6.07) is 14.1. The van der Waals surface area contributed by atoms with Gasteiger partial charge in [-0.25, -0.2) is 18.1 Å². The molecule has 2 aromatic carbocycles. The van der Waals surface area contributed by atoms with Gasteiger partial charge in [-0.3, -0.25) is 4.72 Å². The van der Waals surface area contributed by atoms with E-state index in [4.69, 9.17) is 9.72 Å². The number of aryl methyl sites for hydroxylation is 2. The molecule has 7 nitrogen and oxygen atoms in total. The normalized spacial score (nSPS) is 11.8. The van der Waals surface area contributed by atoms with Crippen molar-refractivity contribution in [3.8, 4) is 5.75 Å². The SMILES string of the molecule is CCn1nc(NS(=O)(=O)c2ccc(OC)cc2)c2cc3ccc(C)cc3nc21. The van der Waals surface area contributed by atoms with Gasteiger partial charge < -0.3 is 4.74 Å². The number of rotatable bonds is 5. The number of aromatic nitrogens is 3. The Kier molecular flexibility index (Phi) is 4.43. The molecule has 0 unspecified atom stereocenters. The fourth-order valence-electron chi connectivity index (χ4n) is 3.10. The molecule has 4 aromatic rings. The van der Waals surface area contributed by atoms with Crippen molar-refractivity contribution in [2.45, 2.75) is 25.3 Å². The number of methoxy groups -OCH3 is 1. The van der Waals surface area contributed by atoms with Gasteiger partial charge in [0.25, 0.3) is 10.0 Å². The van der Waals surface area contributed by atoms with E-state index >= 15 is 0 Å². The van der Waals surface area contributed by atoms with E-state index in [2.05, 4.69) is 9.82 Å². The Morgan fingerprint density at radius 3 is 2.54 bits per heavy atom. The average molecular weight is 396 g/mol. The maximum Gasteiger partial charge on any atom is 0.263 e. The molecule has 0 aliphatic rings. The van der Waals surface area contributed by atoms with Crippen LogP contribution in [-0.4, -0.2) is 30.3 Å². The minimum Gasteiger partial charge on any atom is -0.497 e. The summed E-state index contributed by atoms with van der Waals surface area (Å²) in [5, 5.41) is 6.03. The van der Waals surface area contributed by atoms with Crippen molar-refractivity contribution < 1.29 is 13.2 Å². The smallest absolute Gasteiger partial charge is 0.263 e. The molecule has 0 spiro atoms. The Hall–Kier alpha value is -3.13. The molecular weight excluding hydrogens is 376 g/mol. The van der Waals surface area contributed by atoms with E-state index in [9.17, 15) is 8.42 Å². The molecule has 2 aromatic heterocycles. The van der Waals surface area contributed by atoms with Crippen LogP contribution < -0.4 is 9.46 Å². The zero-order valence-electron chi connectivity index (χ0n) is 15.8. The number of hydrogen-bond donors (Lipinski definition) is 1. The summed E-state index contributed by atoms with van der Waals surface area (Å²) in [6.45, 7) is 4.53. The van der Waals surface area contributed by atoms with Gasteiger partial charge in [0.2, 0.25) is 0 Å². The Morgan fingerprint density at radius 2 is 1.86 bits per heavy atom. The summed E-state index contributed by atoms with van der Waals surface area (Å²) in [4.78, 5) is 4.84. The highest BCUT2D eigenvalue weighted by atomic mass is 32.2. The molecule has 0 atom stereocenters. The first-order chi connectivity index (χ1) is 13.4. The van der Waals surface area contributed by atoms with Crippen LogP contribution in [0.15, 0.2) is 53.4 Å². The van der Waals surface area contributed by atoms with Gasteiger partial charge in [-0.1, -0.05) is 12.1 Å². The van der Waals surface area contributed by atoms with Crippen LogP contribution in [0.2, 0.25) is 0 Å². The topological polar surface area (TPSA) is 86.1 Å². The van der Waals surface area contributed by atoms with Crippen LogP contribution in [-0.2, 0) is 16.6 Å². The molecule has 2 heterocycles. The minimum atomic E-state index is -3.79. The van der Waals surface area contributed by atoms with Crippen molar-refractivity contribution in [2.24, 2.45) is 0 Å². The standard InChI is InChI=1S/C20H20N4O3S/c1-4-24-20-17(12-14-6-5-13(2)11-18(14)21-20)19(22-24)23-28(25,26)16-9-7-15(27-3)8-10-16/h5-12H,4H2,1-3H3,(H,22,23). The largest absolute Gasteiger partial charge is 0.497 e. The number of pyridine rings is 1. The zero-order chi connectivity index (χ0) is 19.9. The average Bonchev–Trinajstić information content (AvgIpc) is 3.02. The molecule has 8 heteroatoms. The first-order valence-electron chi connectivity index (χ1n) is 8.86. The van der Waals surface area contributed by atoms with Gasteiger partial charge in [-0.05, 0) is 55.8 Å². The van der Waals surface area contributed by atoms with E-state index < -0.39 is 10.0 Å². The second kappa shape index (κ2) is 6.79. The summed E-state index contributed by atoms with van der Waals surface area (Å²) in [6.07, 6.45) is 0. The van der Waals surface area contributed by atoms with Crippen molar-refractivity contribution in [3.05, 3.63) is 54.1 Å². The van der Waals surface area contributed by atoms with E-state index in [1.165, 1.54) is 19.2 Å². The molecule has 0 amide bonds. The lowest BCUT2D eigenvalue weighted by Crippen LogP contribution is -2.13. The Morgan fingerprint density at radius 1 is 1.11 bits per heavy atom. The monoisotopic (exact) mass is 396 g/mol. The molecule has 0 bridgehead atoms. The maximum absolute atomic E-state index is 12.8. The van der Waals surface area contributed by atoms with Crippen molar-refractivity contribution in [1.29, 1.82) is 0 Å². The van der Waals surface area contributed by atoms with Crippen LogP contribution in [0, 0.1) is 6.92 Å². The van der Waals surface area contributed by atoms with Crippen molar-refractivity contribution in [2.75, 3.05) is 11.8 Å². The van der Waals surface area contributed by atoms with Crippen molar-refractivity contribution in [3.63, 3.8) is 0 Å². The Labute approximate surface area is 163 Å². The van der Waals surface area contributed by atoms with Gasteiger partial charge in [0, 0.05) is 11.9 Å². The van der Waals surface area contributed by atoms with E-state index in [1.54, 1.807) is 16.8 Å². The van der Waals surface area contributed by atoms with E-state index in [0.29, 0.717) is 23.3 Å². The summed E-state index contributed by atoms with van der Waals surface area (Å²) in [5.74, 6) is 0.855. The highest BCUT2D eigenvalue weighted by Crippen LogP contribution is 2.28. The van der Waals surface area contributed by atoms with Crippen molar-refractivity contribution in [1.82, 2.24) is 14.8 Å². The van der Waals surface area contributed by atoms with Gasteiger partial charge in [0.15, 0.2) is 11.5 Å². The summed E-state index contributed by atoms with van der Waals surface area (Å²) in [5.41, 5.74) is 2.61. The third-order valence-electron chi connectivity index (χ3n) is 4.57. The molecule has 0 radical (unpaired) electrons. The van der Waals surface area contributed by atoms with Gasteiger partial charge >= 0.3 is 0 Å². The van der Waals surface area contributed by atoms with Gasteiger partial charge in [0.05, 0.1) is 22.9 Å².